The lowest BCUT2D eigenvalue weighted by molar-refractivity contribution is 0.552. The molecule has 0 radical (unpaired) electrons. The highest BCUT2D eigenvalue weighted by molar-refractivity contribution is 7.99. The highest BCUT2D eigenvalue weighted by Gasteiger charge is 2.09. The third-order valence-electron chi connectivity index (χ3n) is 2.82. The summed E-state index contributed by atoms with van der Waals surface area (Å²) < 4.78 is 0. The maximum atomic E-state index is 9.31. The largest absolute Gasteiger partial charge is 0.312 e. The Balaban J connectivity index is 2.07. The van der Waals surface area contributed by atoms with Gasteiger partial charge < -0.3 is 5.32 Å². The Bertz CT molecular complexity index is 642. The molecule has 0 aliphatic carbocycles. The molecule has 0 unspecified atom stereocenters. The molecule has 0 bridgehead atoms. The number of nitriles is 1. The summed E-state index contributed by atoms with van der Waals surface area (Å²) in [7, 11) is 0. The van der Waals surface area contributed by atoms with E-state index in [1.807, 2.05) is 25.1 Å². The van der Waals surface area contributed by atoms with Gasteiger partial charge in [-0.3, -0.25) is 5.10 Å². The smallest absolute Gasteiger partial charge is 0.213 e. The molecule has 5 nitrogen and oxygen atoms in total. The maximum absolute atomic E-state index is 9.31. The van der Waals surface area contributed by atoms with Crippen LogP contribution in [0, 0.1) is 24.2 Å². The van der Waals surface area contributed by atoms with Crippen molar-refractivity contribution in [3.63, 3.8) is 0 Å². The van der Waals surface area contributed by atoms with Crippen molar-refractivity contribution >= 4 is 11.8 Å². The van der Waals surface area contributed by atoms with Crippen LogP contribution >= 0.6 is 11.8 Å². The predicted octanol–water partition coefficient (Wildman–Crippen LogP) is 2.88. The minimum absolute atomic E-state index is 0.615. The maximum Gasteiger partial charge on any atom is 0.213 e. The zero-order chi connectivity index (χ0) is 15.2. The van der Waals surface area contributed by atoms with Crippen LogP contribution in [0.5, 0.6) is 0 Å². The van der Waals surface area contributed by atoms with Gasteiger partial charge in [0.25, 0.3) is 0 Å². The second-order valence-corrected chi connectivity index (χ2v) is 6.28. The van der Waals surface area contributed by atoms with Crippen molar-refractivity contribution in [2.75, 3.05) is 6.54 Å². The van der Waals surface area contributed by atoms with Crippen molar-refractivity contribution in [3.05, 3.63) is 35.2 Å². The van der Waals surface area contributed by atoms with Crippen molar-refractivity contribution in [2.45, 2.75) is 37.4 Å². The lowest BCUT2D eigenvalue weighted by Gasteiger charge is -2.09. The summed E-state index contributed by atoms with van der Waals surface area (Å²) in [5.74, 6) is 1.38. The van der Waals surface area contributed by atoms with Crippen molar-refractivity contribution < 1.29 is 0 Å². The Morgan fingerprint density at radius 3 is 2.86 bits per heavy atom. The minimum atomic E-state index is 0.615. The lowest BCUT2D eigenvalue weighted by atomic mass is 10.1. The van der Waals surface area contributed by atoms with Crippen LogP contribution in [-0.4, -0.2) is 21.7 Å². The average Bonchev–Trinajstić information content (AvgIpc) is 2.85. The number of H-pyrrole nitrogens is 1. The molecule has 2 N–H and O–H groups in total. The molecule has 0 spiro atoms. The average molecular weight is 301 g/mol. The van der Waals surface area contributed by atoms with Crippen molar-refractivity contribution in [1.82, 2.24) is 20.5 Å². The molecule has 1 aromatic carbocycles. The first-order chi connectivity index (χ1) is 10.1. The second kappa shape index (κ2) is 7.25. The van der Waals surface area contributed by atoms with Crippen LogP contribution in [0.2, 0.25) is 0 Å². The summed E-state index contributed by atoms with van der Waals surface area (Å²) in [6.45, 7) is 7.94. The molecule has 21 heavy (non-hydrogen) atoms. The molecule has 0 aliphatic heterocycles. The fraction of sp³-hybridized carbons (Fsp3) is 0.400. The standard InChI is InChI=1S/C15H19N5S/c1-10(2)8-17-9-12-4-5-14(13(6-12)7-16)21-15-18-11(3)19-20-15/h4-6,10,17H,8-9H2,1-3H3,(H,18,19,20). The number of aromatic amines is 1. The van der Waals surface area contributed by atoms with Gasteiger partial charge in [0.05, 0.1) is 5.56 Å². The zero-order valence-corrected chi connectivity index (χ0v) is 13.3. The first kappa shape index (κ1) is 15.5. The van der Waals surface area contributed by atoms with Gasteiger partial charge in [0.2, 0.25) is 5.16 Å². The zero-order valence-electron chi connectivity index (χ0n) is 12.5. The molecule has 6 heteroatoms. The van der Waals surface area contributed by atoms with E-state index in [2.05, 4.69) is 40.4 Å². The van der Waals surface area contributed by atoms with Crippen LogP contribution in [0.4, 0.5) is 0 Å². The number of nitrogens with zero attached hydrogens (tertiary/aromatic N) is 3. The van der Waals surface area contributed by atoms with Gasteiger partial charge in [-0.05, 0) is 48.8 Å². The fourth-order valence-corrected chi connectivity index (χ4v) is 2.66. The molecule has 110 valence electrons. The molecule has 0 atom stereocenters. The van der Waals surface area contributed by atoms with Gasteiger partial charge in [0.1, 0.15) is 11.9 Å². The van der Waals surface area contributed by atoms with E-state index in [0.29, 0.717) is 16.6 Å². The summed E-state index contributed by atoms with van der Waals surface area (Å²) in [4.78, 5) is 5.13. The van der Waals surface area contributed by atoms with E-state index < -0.39 is 0 Å². The Hall–Kier alpha value is -1.84. The Morgan fingerprint density at radius 2 is 2.24 bits per heavy atom. The van der Waals surface area contributed by atoms with E-state index >= 15 is 0 Å². The van der Waals surface area contributed by atoms with Crippen LogP contribution in [0.1, 0.15) is 30.8 Å². The van der Waals surface area contributed by atoms with E-state index in [1.165, 1.54) is 11.8 Å². The fourth-order valence-electron chi connectivity index (χ4n) is 1.83. The van der Waals surface area contributed by atoms with Gasteiger partial charge in [-0.2, -0.15) is 5.26 Å². The summed E-state index contributed by atoms with van der Waals surface area (Å²) >= 11 is 1.40. The molecule has 0 saturated heterocycles. The number of aryl methyl sites for hydroxylation is 1. The van der Waals surface area contributed by atoms with Gasteiger partial charge in [-0.1, -0.05) is 19.9 Å². The van der Waals surface area contributed by atoms with Gasteiger partial charge in [0.15, 0.2) is 0 Å². The molecule has 1 aromatic heterocycles. The molecule has 0 aliphatic rings. The Labute approximate surface area is 129 Å². The highest BCUT2D eigenvalue weighted by atomic mass is 32.2. The quantitative estimate of drug-likeness (QED) is 0.858. The topological polar surface area (TPSA) is 77.4 Å². The third-order valence-corrected chi connectivity index (χ3v) is 3.77. The normalized spacial score (nSPS) is 10.8. The monoisotopic (exact) mass is 301 g/mol. The number of nitrogens with one attached hydrogen (secondary N) is 2. The van der Waals surface area contributed by atoms with Crippen LogP contribution in [-0.2, 0) is 6.54 Å². The minimum Gasteiger partial charge on any atom is -0.312 e. The number of aromatic nitrogens is 3. The number of benzene rings is 1. The molecule has 2 rings (SSSR count). The molecule has 2 aromatic rings. The van der Waals surface area contributed by atoms with Crippen LogP contribution < -0.4 is 5.32 Å². The summed E-state index contributed by atoms with van der Waals surface area (Å²) in [5.41, 5.74) is 1.77. The number of rotatable bonds is 6. The van der Waals surface area contributed by atoms with Gasteiger partial charge in [0, 0.05) is 11.4 Å². The molecule has 1 heterocycles. The van der Waals surface area contributed by atoms with Crippen molar-refractivity contribution in [1.29, 1.82) is 5.26 Å². The van der Waals surface area contributed by atoms with Crippen LogP contribution in [0.3, 0.4) is 0 Å². The SMILES string of the molecule is Cc1nc(Sc2ccc(CNCC(C)C)cc2C#N)n[nH]1. The summed E-state index contributed by atoms with van der Waals surface area (Å²) in [5, 5.41) is 20.2. The molecule has 0 amide bonds. The Morgan fingerprint density at radius 1 is 1.43 bits per heavy atom. The molecular weight excluding hydrogens is 282 g/mol. The lowest BCUT2D eigenvalue weighted by Crippen LogP contribution is -2.18. The van der Waals surface area contributed by atoms with Gasteiger partial charge in [-0.25, -0.2) is 4.98 Å². The van der Waals surface area contributed by atoms with Gasteiger partial charge >= 0.3 is 0 Å². The molecular formula is C15H19N5S. The van der Waals surface area contributed by atoms with Crippen LogP contribution in [0.25, 0.3) is 0 Å². The summed E-state index contributed by atoms with van der Waals surface area (Å²) in [6.07, 6.45) is 0. The van der Waals surface area contributed by atoms with E-state index in [4.69, 9.17) is 0 Å². The summed E-state index contributed by atoms with van der Waals surface area (Å²) in [6, 6.07) is 8.17. The van der Waals surface area contributed by atoms with E-state index in [1.54, 1.807) is 0 Å². The van der Waals surface area contributed by atoms with Crippen LogP contribution in [0.15, 0.2) is 28.3 Å². The molecule has 0 fully saturated rings. The first-order valence-electron chi connectivity index (χ1n) is 6.89. The van der Waals surface area contributed by atoms with E-state index in [9.17, 15) is 5.26 Å². The highest BCUT2D eigenvalue weighted by Crippen LogP contribution is 2.28. The van der Waals surface area contributed by atoms with Crippen molar-refractivity contribution in [2.24, 2.45) is 5.92 Å². The van der Waals surface area contributed by atoms with E-state index in [-0.39, 0.29) is 0 Å². The number of hydrogen-bond acceptors (Lipinski definition) is 5. The first-order valence-corrected chi connectivity index (χ1v) is 7.70. The van der Waals surface area contributed by atoms with Gasteiger partial charge in [-0.15, -0.1) is 5.10 Å². The predicted molar refractivity (Wildman–Crippen MR) is 82.9 cm³/mol. The third kappa shape index (κ3) is 4.59. The second-order valence-electron chi connectivity index (χ2n) is 5.27. The Kier molecular flexibility index (Phi) is 5.37. The van der Waals surface area contributed by atoms with Crippen molar-refractivity contribution in [3.8, 4) is 6.07 Å². The van der Waals surface area contributed by atoms with E-state index in [0.717, 1.165) is 29.4 Å². The molecule has 0 saturated carbocycles. The number of hydrogen-bond donors (Lipinski definition) is 2.